The van der Waals surface area contributed by atoms with Gasteiger partial charge in [0.2, 0.25) is 0 Å². The molecule has 0 aromatic heterocycles. The molecule has 6 nitrogen and oxygen atoms in total. The van der Waals surface area contributed by atoms with Gasteiger partial charge in [0.25, 0.3) is 0 Å². The molecule has 0 heterocycles. The summed E-state index contributed by atoms with van der Waals surface area (Å²) in [6.45, 7) is 0.682. The number of terminal acetylenes is 1. The second-order valence-corrected chi connectivity index (χ2v) is 5.16. The number of alkyl halides is 3. The number of carboxylic acids is 1. The molecular formula is C16H19F3N2O4. The van der Waals surface area contributed by atoms with Gasteiger partial charge in [-0.2, -0.15) is 13.2 Å². The highest BCUT2D eigenvalue weighted by atomic mass is 19.4. The average molecular weight is 360 g/mol. The van der Waals surface area contributed by atoms with Gasteiger partial charge in [-0.05, 0) is 23.6 Å². The maximum atomic E-state index is 12.9. The largest absolute Gasteiger partial charge is 0.478 e. The zero-order valence-electron chi connectivity index (χ0n) is 13.3. The van der Waals surface area contributed by atoms with E-state index in [2.05, 4.69) is 5.92 Å². The summed E-state index contributed by atoms with van der Waals surface area (Å²) < 4.78 is 49.1. The lowest BCUT2D eigenvalue weighted by Gasteiger charge is -2.28. The van der Waals surface area contributed by atoms with Gasteiger partial charge in [0.05, 0.1) is 25.4 Å². The van der Waals surface area contributed by atoms with E-state index >= 15 is 0 Å². The number of halogens is 3. The maximum Gasteiger partial charge on any atom is 0.423 e. The maximum absolute atomic E-state index is 12.9. The second-order valence-electron chi connectivity index (χ2n) is 5.16. The van der Waals surface area contributed by atoms with Gasteiger partial charge >= 0.3 is 12.1 Å². The smallest absolute Gasteiger partial charge is 0.423 e. The molecular weight excluding hydrogens is 341 g/mol. The van der Waals surface area contributed by atoms with Crippen LogP contribution in [0.25, 0.3) is 0 Å². The fourth-order valence-electron chi connectivity index (χ4n) is 1.96. The number of carbonyl (C=O) groups is 1. The Hall–Kier alpha value is -2.12. The summed E-state index contributed by atoms with van der Waals surface area (Å²) in [6.07, 6.45) is 0.177. The fourth-order valence-corrected chi connectivity index (χ4v) is 1.96. The van der Waals surface area contributed by atoms with Crippen molar-refractivity contribution in [2.24, 2.45) is 11.5 Å². The van der Waals surface area contributed by atoms with Crippen LogP contribution < -0.4 is 11.5 Å². The summed E-state index contributed by atoms with van der Waals surface area (Å²) in [6, 6.07) is 3.04. The van der Waals surface area contributed by atoms with Crippen LogP contribution in [0, 0.1) is 12.3 Å². The summed E-state index contributed by atoms with van der Waals surface area (Å²) in [7, 11) is 0. The van der Waals surface area contributed by atoms with Crippen LogP contribution in [-0.2, 0) is 21.6 Å². The minimum atomic E-state index is -4.89. The van der Waals surface area contributed by atoms with Crippen LogP contribution in [0.4, 0.5) is 13.2 Å². The van der Waals surface area contributed by atoms with Crippen LogP contribution in [0.3, 0.4) is 0 Å². The second kappa shape index (κ2) is 8.82. The number of hydrogen-bond donors (Lipinski definition) is 3. The van der Waals surface area contributed by atoms with E-state index < -0.39 is 23.4 Å². The standard InChI is InChI=1S/C16H19F3N2O4/c1-2-6-24-8-9-25-7-5-11-10-12(3-4-13(11)14(22)23)15(20,21)16(17,18)19/h1,3-4,10H,5-9,20-21H2,(H,22,23). The highest BCUT2D eigenvalue weighted by Gasteiger charge is 2.50. The summed E-state index contributed by atoms with van der Waals surface area (Å²) >= 11 is 0. The van der Waals surface area contributed by atoms with Crippen molar-refractivity contribution in [1.29, 1.82) is 0 Å². The summed E-state index contributed by atoms with van der Waals surface area (Å²) in [5, 5.41) is 9.15. The number of rotatable bonds is 9. The Morgan fingerprint density at radius 1 is 1.20 bits per heavy atom. The van der Waals surface area contributed by atoms with E-state index in [1.807, 2.05) is 0 Å². The first-order chi connectivity index (χ1) is 11.6. The molecule has 0 aliphatic rings. The molecule has 0 amide bonds. The van der Waals surface area contributed by atoms with E-state index in [9.17, 15) is 18.0 Å². The molecule has 0 saturated carbocycles. The number of aromatic carboxylic acids is 1. The molecule has 9 heteroatoms. The van der Waals surface area contributed by atoms with Gasteiger partial charge in [0.15, 0.2) is 5.66 Å². The number of hydrogen-bond acceptors (Lipinski definition) is 5. The van der Waals surface area contributed by atoms with E-state index in [4.69, 9.17) is 32.5 Å². The van der Waals surface area contributed by atoms with Gasteiger partial charge in [-0.15, -0.1) is 6.42 Å². The first kappa shape index (κ1) is 20.9. The summed E-state index contributed by atoms with van der Waals surface area (Å²) in [4.78, 5) is 11.2. The monoisotopic (exact) mass is 360 g/mol. The quantitative estimate of drug-likeness (QED) is 0.347. The molecule has 1 rings (SSSR count). The summed E-state index contributed by atoms with van der Waals surface area (Å²) in [5.41, 5.74) is 6.83. The van der Waals surface area contributed by atoms with E-state index in [-0.39, 0.29) is 44.0 Å². The van der Waals surface area contributed by atoms with Crippen molar-refractivity contribution >= 4 is 5.97 Å². The molecule has 1 aromatic rings. The Balaban J connectivity index is 2.84. The van der Waals surface area contributed by atoms with Crippen molar-refractivity contribution in [1.82, 2.24) is 0 Å². The zero-order valence-corrected chi connectivity index (χ0v) is 13.3. The van der Waals surface area contributed by atoms with Crippen molar-refractivity contribution in [3.63, 3.8) is 0 Å². The Morgan fingerprint density at radius 3 is 2.40 bits per heavy atom. The predicted octanol–water partition coefficient (Wildman–Crippen LogP) is 1.23. The number of carboxylic acid groups (broad SMARTS) is 1. The molecule has 0 radical (unpaired) electrons. The average Bonchev–Trinajstić information content (AvgIpc) is 2.52. The third-order valence-electron chi connectivity index (χ3n) is 3.36. The third-order valence-corrected chi connectivity index (χ3v) is 3.36. The lowest BCUT2D eigenvalue weighted by molar-refractivity contribution is -0.188. The molecule has 1 aromatic carbocycles. The van der Waals surface area contributed by atoms with E-state index in [1.54, 1.807) is 0 Å². The van der Waals surface area contributed by atoms with Gasteiger partial charge < -0.3 is 26.0 Å². The van der Waals surface area contributed by atoms with Gasteiger partial charge in [-0.3, -0.25) is 0 Å². The van der Waals surface area contributed by atoms with Crippen molar-refractivity contribution in [2.75, 3.05) is 26.4 Å². The molecule has 0 bridgehead atoms. The Kier molecular flexibility index (Phi) is 7.38. The lowest BCUT2D eigenvalue weighted by Crippen LogP contribution is -2.57. The first-order valence-corrected chi connectivity index (χ1v) is 7.21. The molecule has 138 valence electrons. The normalized spacial score (nSPS) is 12.0. The molecule has 0 spiro atoms. The van der Waals surface area contributed by atoms with Crippen LogP contribution in [0.2, 0.25) is 0 Å². The molecule has 0 aliphatic heterocycles. The number of nitrogens with two attached hydrogens (primary N) is 2. The van der Waals surface area contributed by atoms with Crippen molar-refractivity contribution < 1.29 is 32.5 Å². The lowest BCUT2D eigenvalue weighted by atomic mass is 9.94. The van der Waals surface area contributed by atoms with E-state index in [0.29, 0.717) is 0 Å². The van der Waals surface area contributed by atoms with Crippen LogP contribution in [0.5, 0.6) is 0 Å². The van der Waals surface area contributed by atoms with Crippen molar-refractivity contribution in [3.8, 4) is 12.3 Å². The Bertz CT molecular complexity index is 639. The molecule has 25 heavy (non-hydrogen) atoms. The molecule has 5 N–H and O–H groups in total. The van der Waals surface area contributed by atoms with Crippen LogP contribution in [-0.4, -0.2) is 43.7 Å². The fraction of sp³-hybridized carbons (Fsp3) is 0.438. The molecule has 0 unspecified atom stereocenters. The van der Waals surface area contributed by atoms with Gasteiger partial charge in [0.1, 0.15) is 6.61 Å². The van der Waals surface area contributed by atoms with Gasteiger partial charge in [-0.1, -0.05) is 18.1 Å². The SMILES string of the molecule is C#CCOCCOCCc1cc(C(N)(N)C(F)(F)F)ccc1C(=O)O. The predicted molar refractivity (Wildman–Crippen MR) is 83.7 cm³/mol. The topological polar surface area (TPSA) is 108 Å². The van der Waals surface area contributed by atoms with Crippen molar-refractivity contribution in [2.45, 2.75) is 18.3 Å². The van der Waals surface area contributed by atoms with E-state index in [0.717, 1.165) is 18.2 Å². The molecule has 0 atom stereocenters. The molecule has 0 fully saturated rings. The van der Waals surface area contributed by atoms with Crippen LogP contribution in [0.15, 0.2) is 18.2 Å². The van der Waals surface area contributed by atoms with Gasteiger partial charge in [-0.25, -0.2) is 4.79 Å². The van der Waals surface area contributed by atoms with E-state index in [1.165, 1.54) is 0 Å². The minimum absolute atomic E-state index is 0.0680. The van der Waals surface area contributed by atoms with Crippen LogP contribution >= 0.6 is 0 Å². The first-order valence-electron chi connectivity index (χ1n) is 7.21. The van der Waals surface area contributed by atoms with Gasteiger partial charge in [0, 0.05) is 0 Å². The zero-order chi connectivity index (χ0) is 19.1. The van der Waals surface area contributed by atoms with Crippen LogP contribution in [0.1, 0.15) is 21.5 Å². The number of ether oxygens (including phenoxy) is 2. The summed E-state index contributed by atoms with van der Waals surface area (Å²) in [5.74, 6) is 1.01. The number of benzene rings is 1. The molecule has 0 aliphatic carbocycles. The Labute approximate surface area is 142 Å². The molecule has 0 saturated heterocycles. The minimum Gasteiger partial charge on any atom is -0.478 e. The van der Waals surface area contributed by atoms with Crippen molar-refractivity contribution in [3.05, 3.63) is 34.9 Å². The highest BCUT2D eigenvalue weighted by Crippen LogP contribution is 2.33. The highest BCUT2D eigenvalue weighted by molar-refractivity contribution is 5.89. The Morgan fingerprint density at radius 2 is 1.84 bits per heavy atom. The third kappa shape index (κ3) is 5.72.